The quantitative estimate of drug-likeness (QED) is 0.878. The monoisotopic (exact) mass is 262 g/mol. The van der Waals surface area contributed by atoms with E-state index in [1.165, 1.54) is 12.0 Å². The van der Waals surface area contributed by atoms with Gasteiger partial charge in [-0.3, -0.25) is 0 Å². The lowest BCUT2D eigenvalue weighted by Gasteiger charge is -2.22. The zero-order chi connectivity index (χ0) is 13.8. The van der Waals surface area contributed by atoms with Crippen LogP contribution in [0.3, 0.4) is 0 Å². The van der Waals surface area contributed by atoms with Gasteiger partial charge in [-0.15, -0.1) is 0 Å². The lowest BCUT2D eigenvalue weighted by Crippen LogP contribution is -2.31. The second kappa shape index (κ2) is 6.35. The standard InChI is InChI=1S/C15H26N4/c1-5-16-12(2)13-6-8-17-15(10-13)19-9-7-14(11-19)18(3)4/h6,8,10,12,14,16H,5,7,9,11H2,1-4H3. The summed E-state index contributed by atoms with van der Waals surface area (Å²) < 4.78 is 0. The lowest BCUT2D eigenvalue weighted by molar-refractivity contribution is 0.315. The smallest absolute Gasteiger partial charge is 0.128 e. The molecule has 19 heavy (non-hydrogen) atoms. The Labute approximate surface area is 116 Å². The van der Waals surface area contributed by atoms with Crippen molar-refractivity contribution in [2.75, 3.05) is 38.6 Å². The summed E-state index contributed by atoms with van der Waals surface area (Å²) in [5.74, 6) is 1.12. The first-order chi connectivity index (χ1) is 9.11. The van der Waals surface area contributed by atoms with Crippen molar-refractivity contribution in [1.82, 2.24) is 15.2 Å². The van der Waals surface area contributed by atoms with Crippen LogP contribution in [-0.4, -0.2) is 49.7 Å². The van der Waals surface area contributed by atoms with Crippen LogP contribution in [0.2, 0.25) is 0 Å². The maximum absolute atomic E-state index is 4.54. The SMILES string of the molecule is CCNC(C)c1ccnc(N2CCC(N(C)C)C2)c1. The summed E-state index contributed by atoms with van der Waals surface area (Å²) in [6, 6.07) is 5.37. The Balaban J connectivity index is 2.07. The molecule has 1 aliphatic heterocycles. The summed E-state index contributed by atoms with van der Waals surface area (Å²) in [4.78, 5) is 9.24. The van der Waals surface area contributed by atoms with Crippen molar-refractivity contribution in [1.29, 1.82) is 0 Å². The molecule has 0 aromatic carbocycles. The van der Waals surface area contributed by atoms with Crippen molar-refractivity contribution in [2.45, 2.75) is 32.4 Å². The van der Waals surface area contributed by atoms with Gasteiger partial charge in [-0.25, -0.2) is 4.98 Å². The van der Waals surface area contributed by atoms with Crippen LogP contribution in [-0.2, 0) is 0 Å². The molecule has 0 saturated carbocycles. The number of aromatic nitrogens is 1. The van der Waals surface area contributed by atoms with E-state index >= 15 is 0 Å². The van der Waals surface area contributed by atoms with Crippen LogP contribution in [0.15, 0.2) is 18.3 Å². The minimum absolute atomic E-state index is 0.388. The fraction of sp³-hybridized carbons (Fsp3) is 0.667. The van der Waals surface area contributed by atoms with Gasteiger partial charge in [-0.05, 0) is 51.7 Å². The van der Waals surface area contributed by atoms with Gasteiger partial charge in [0.25, 0.3) is 0 Å². The van der Waals surface area contributed by atoms with Crippen LogP contribution in [0.25, 0.3) is 0 Å². The minimum atomic E-state index is 0.388. The summed E-state index contributed by atoms with van der Waals surface area (Å²) in [5.41, 5.74) is 1.32. The number of nitrogens with one attached hydrogen (secondary N) is 1. The molecule has 1 aromatic heterocycles. The van der Waals surface area contributed by atoms with Crippen LogP contribution < -0.4 is 10.2 Å². The third kappa shape index (κ3) is 3.45. The molecule has 0 amide bonds. The predicted molar refractivity (Wildman–Crippen MR) is 80.6 cm³/mol. The first-order valence-corrected chi connectivity index (χ1v) is 7.22. The number of anilines is 1. The molecule has 0 radical (unpaired) electrons. The molecule has 0 aliphatic carbocycles. The van der Waals surface area contributed by atoms with E-state index < -0.39 is 0 Å². The van der Waals surface area contributed by atoms with Gasteiger partial charge in [-0.2, -0.15) is 0 Å². The maximum Gasteiger partial charge on any atom is 0.128 e. The Hall–Kier alpha value is -1.13. The van der Waals surface area contributed by atoms with Gasteiger partial charge in [0.1, 0.15) is 5.82 Å². The predicted octanol–water partition coefficient (Wildman–Crippen LogP) is 1.89. The van der Waals surface area contributed by atoms with Crippen molar-refractivity contribution in [3.05, 3.63) is 23.9 Å². The minimum Gasteiger partial charge on any atom is -0.355 e. The van der Waals surface area contributed by atoms with Crippen LogP contribution >= 0.6 is 0 Å². The van der Waals surface area contributed by atoms with E-state index in [1.807, 2.05) is 6.20 Å². The summed E-state index contributed by atoms with van der Waals surface area (Å²) in [6.07, 6.45) is 3.16. The number of hydrogen-bond donors (Lipinski definition) is 1. The molecule has 1 aliphatic rings. The van der Waals surface area contributed by atoms with Gasteiger partial charge in [0.15, 0.2) is 0 Å². The van der Waals surface area contributed by atoms with Gasteiger partial charge in [-0.1, -0.05) is 6.92 Å². The Kier molecular flexibility index (Phi) is 4.77. The summed E-state index contributed by atoms with van der Waals surface area (Å²) in [7, 11) is 4.32. The molecule has 4 heteroatoms. The number of nitrogens with zero attached hydrogens (tertiary/aromatic N) is 3. The van der Waals surface area contributed by atoms with Gasteiger partial charge >= 0.3 is 0 Å². The Morgan fingerprint density at radius 1 is 1.53 bits per heavy atom. The number of likely N-dealkylation sites (N-methyl/N-ethyl adjacent to an activating group) is 1. The lowest BCUT2D eigenvalue weighted by atomic mass is 10.1. The van der Waals surface area contributed by atoms with E-state index in [4.69, 9.17) is 0 Å². The first kappa shape index (κ1) is 14.3. The zero-order valence-electron chi connectivity index (χ0n) is 12.6. The molecule has 1 aromatic rings. The van der Waals surface area contributed by atoms with Gasteiger partial charge < -0.3 is 15.1 Å². The number of hydrogen-bond acceptors (Lipinski definition) is 4. The molecule has 2 atom stereocenters. The van der Waals surface area contributed by atoms with E-state index in [2.05, 4.69) is 60.2 Å². The molecule has 2 unspecified atom stereocenters. The Morgan fingerprint density at radius 3 is 2.95 bits per heavy atom. The van der Waals surface area contributed by atoms with E-state index in [1.54, 1.807) is 0 Å². The Bertz CT molecular complexity index is 405. The number of pyridine rings is 1. The average molecular weight is 262 g/mol. The second-order valence-corrected chi connectivity index (χ2v) is 5.58. The summed E-state index contributed by atoms with van der Waals surface area (Å²) in [5, 5.41) is 3.45. The van der Waals surface area contributed by atoms with Crippen molar-refractivity contribution < 1.29 is 0 Å². The van der Waals surface area contributed by atoms with Crippen molar-refractivity contribution in [3.8, 4) is 0 Å². The van der Waals surface area contributed by atoms with Crippen molar-refractivity contribution in [2.24, 2.45) is 0 Å². The molecule has 2 heterocycles. The molecular formula is C15H26N4. The van der Waals surface area contributed by atoms with Gasteiger partial charge in [0.2, 0.25) is 0 Å². The second-order valence-electron chi connectivity index (χ2n) is 5.58. The molecule has 4 nitrogen and oxygen atoms in total. The van der Waals surface area contributed by atoms with Crippen LogP contribution in [0, 0.1) is 0 Å². The molecule has 2 rings (SSSR count). The first-order valence-electron chi connectivity index (χ1n) is 7.22. The van der Waals surface area contributed by atoms with E-state index in [9.17, 15) is 0 Å². The maximum atomic E-state index is 4.54. The molecule has 0 bridgehead atoms. The molecule has 1 N–H and O–H groups in total. The third-order valence-electron chi connectivity index (χ3n) is 4.00. The van der Waals surface area contributed by atoms with E-state index in [0.717, 1.165) is 25.5 Å². The molecule has 106 valence electrons. The fourth-order valence-corrected chi connectivity index (χ4v) is 2.67. The zero-order valence-corrected chi connectivity index (χ0v) is 12.6. The molecule has 0 spiro atoms. The summed E-state index contributed by atoms with van der Waals surface area (Å²) in [6.45, 7) is 7.52. The topological polar surface area (TPSA) is 31.4 Å². The van der Waals surface area contributed by atoms with Crippen LogP contribution in [0.1, 0.15) is 31.9 Å². The normalized spacial score (nSPS) is 21.1. The molecule has 1 fully saturated rings. The average Bonchev–Trinajstić information content (AvgIpc) is 2.89. The highest BCUT2D eigenvalue weighted by molar-refractivity contribution is 5.43. The highest BCUT2D eigenvalue weighted by Crippen LogP contribution is 2.23. The van der Waals surface area contributed by atoms with Crippen molar-refractivity contribution in [3.63, 3.8) is 0 Å². The van der Waals surface area contributed by atoms with Crippen LogP contribution in [0.4, 0.5) is 5.82 Å². The van der Waals surface area contributed by atoms with Crippen molar-refractivity contribution >= 4 is 5.82 Å². The molecule has 1 saturated heterocycles. The van der Waals surface area contributed by atoms with E-state index in [0.29, 0.717) is 12.1 Å². The van der Waals surface area contributed by atoms with E-state index in [-0.39, 0.29) is 0 Å². The van der Waals surface area contributed by atoms with Crippen LogP contribution in [0.5, 0.6) is 0 Å². The van der Waals surface area contributed by atoms with Gasteiger partial charge in [0.05, 0.1) is 0 Å². The largest absolute Gasteiger partial charge is 0.355 e. The van der Waals surface area contributed by atoms with Gasteiger partial charge in [0, 0.05) is 31.4 Å². The highest BCUT2D eigenvalue weighted by Gasteiger charge is 2.25. The fourth-order valence-electron chi connectivity index (χ4n) is 2.67. The highest BCUT2D eigenvalue weighted by atomic mass is 15.3. The third-order valence-corrected chi connectivity index (χ3v) is 4.00. The summed E-state index contributed by atoms with van der Waals surface area (Å²) >= 11 is 0. The number of rotatable bonds is 5. The Morgan fingerprint density at radius 2 is 2.32 bits per heavy atom. The molecular weight excluding hydrogens is 236 g/mol.